The molecule has 1 rings (SSSR count). The molecule has 1 N–H and O–H groups in total. The molecule has 0 spiro atoms. The van der Waals surface area contributed by atoms with Gasteiger partial charge >= 0.3 is 0 Å². The van der Waals surface area contributed by atoms with Gasteiger partial charge in [0.25, 0.3) is 0 Å². The van der Waals surface area contributed by atoms with Gasteiger partial charge in [-0.05, 0) is 13.8 Å². The van der Waals surface area contributed by atoms with Crippen LogP contribution in [0.2, 0.25) is 0 Å². The van der Waals surface area contributed by atoms with Crippen LogP contribution in [0, 0.1) is 0 Å². The van der Waals surface area contributed by atoms with Crippen LogP contribution in [0.4, 0.5) is 0 Å². The second-order valence-electron chi connectivity index (χ2n) is 2.63. The van der Waals surface area contributed by atoms with Crippen LogP contribution in [-0.2, 0) is 9.47 Å². The van der Waals surface area contributed by atoms with Gasteiger partial charge in [0.1, 0.15) is 6.10 Å². The molecule has 1 saturated heterocycles. The van der Waals surface area contributed by atoms with Crippen molar-refractivity contribution in [3.05, 3.63) is 0 Å². The quantitative estimate of drug-likeness (QED) is 0.334. The molecule has 0 aliphatic carbocycles. The van der Waals surface area contributed by atoms with Gasteiger partial charge in [-0.15, -0.1) is 0 Å². The second-order valence-corrected chi connectivity index (χ2v) is 2.63. The van der Waals surface area contributed by atoms with Crippen molar-refractivity contribution in [1.29, 1.82) is 0 Å². The summed E-state index contributed by atoms with van der Waals surface area (Å²) in [7, 11) is 0. The maximum Gasteiger partial charge on any atom is 0.163 e. The van der Waals surface area contributed by atoms with Gasteiger partial charge < -0.3 is 14.7 Å². The van der Waals surface area contributed by atoms with Crippen molar-refractivity contribution >= 4 is 6.21 Å². The Kier molecular flexibility index (Phi) is 1.92. The molecule has 1 atom stereocenters. The van der Waals surface area contributed by atoms with Crippen LogP contribution in [0.3, 0.4) is 0 Å². The summed E-state index contributed by atoms with van der Waals surface area (Å²) < 4.78 is 10.4. The lowest BCUT2D eigenvalue weighted by Crippen LogP contribution is -2.21. The zero-order valence-electron chi connectivity index (χ0n) is 6.07. The van der Waals surface area contributed by atoms with Gasteiger partial charge in [0.2, 0.25) is 0 Å². The monoisotopic (exact) mass is 145 g/mol. The summed E-state index contributed by atoms with van der Waals surface area (Å²) >= 11 is 0. The van der Waals surface area contributed by atoms with Crippen LogP contribution in [0.25, 0.3) is 0 Å². The zero-order chi connectivity index (χ0) is 7.61. The predicted molar refractivity (Wildman–Crippen MR) is 35.2 cm³/mol. The smallest absolute Gasteiger partial charge is 0.163 e. The number of nitrogens with zero attached hydrogens (tertiary/aromatic N) is 1. The molecule has 4 heteroatoms. The summed E-state index contributed by atoms with van der Waals surface area (Å²) in [5.74, 6) is -0.536. The summed E-state index contributed by atoms with van der Waals surface area (Å²) in [6, 6.07) is 0. The summed E-state index contributed by atoms with van der Waals surface area (Å²) in [5, 5.41) is 11.0. The summed E-state index contributed by atoms with van der Waals surface area (Å²) in [5.41, 5.74) is 0. The summed E-state index contributed by atoms with van der Waals surface area (Å²) in [6.07, 6.45) is 1.11. The van der Waals surface area contributed by atoms with E-state index in [-0.39, 0.29) is 6.10 Å². The SMILES string of the molecule is CC1(C)OCC(C=NO)O1. The molecule has 1 aliphatic heterocycles. The van der Waals surface area contributed by atoms with Crippen LogP contribution < -0.4 is 0 Å². The molecule has 0 saturated carbocycles. The lowest BCUT2D eigenvalue weighted by atomic mass is 10.4. The van der Waals surface area contributed by atoms with Crippen molar-refractivity contribution in [2.45, 2.75) is 25.7 Å². The van der Waals surface area contributed by atoms with Gasteiger partial charge in [-0.1, -0.05) is 5.16 Å². The fourth-order valence-corrected chi connectivity index (χ4v) is 0.863. The maximum atomic E-state index is 8.13. The molecule has 1 heterocycles. The van der Waals surface area contributed by atoms with E-state index in [2.05, 4.69) is 5.16 Å². The van der Waals surface area contributed by atoms with Crippen LogP contribution in [-0.4, -0.2) is 29.9 Å². The van der Waals surface area contributed by atoms with Crippen molar-refractivity contribution in [1.82, 2.24) is 0 Å². The zero-order valence-corrected chi connectivity index (χ0v) is 6.07. The molecular formula is C6H11NO3. The minimum atomic E-state index is -0.536. The Morgan fingerprint density at radius 2 is 2.40 bits per heavy atom. The number of hydrogen-bond donors (Lipinski definition) is 1. The van der Waals surface area contributed by atoms with Crippen molar-refractivity contribution in [2.75, 3.05) is 6.61 Å². The minimum Gasteiger partial charge on any atom is -0.411 e. The Bertz CT molecular complexity index is 144. The first-order valence-corrected chi connectivity index (χ1v) is 3.13. The van der Waals surface area contributed by atoms with Crippen LogP contribution in [0.1, 0.15) is 13.8 Å². The number of oxime groups is 1. The fourth-order valence-electron chi connectivity index (χ4n) is 0.863. The van der Waals surface area contributed by atoms with E-state index in [0.29, 0.717) is 6.61 Å². The van der Waals surface area contributed by atoms with Crippen molar-refractivity contribution in [3.63, 3.8) is 0 Å². The third kappa shape index (κ3) is 1.68. The van der Waals surface area contributed by atoms with E-state index in [1.54, 1.807) is 0 Å². The molecule has 0 amide bonds. The molecule has 1 fully saturated rings. The highest BCUT2D eigenvalue weighted by Crippen LogP contribution is 2.20. The second kappa shape index (κ2) is 2.56. The van der Waals surface area contributed by atoms with Crippen LogP contribution in [0.15, 0.2) is 5.16 Å². The molecule has 0 radical (unpaired) electrons. The normalized spacial score (nSPS) is 31.6. The molecular weight excluding hydrogens is 134 g/mol. The number of hydrogen-bond acceptors (Lipinski definition) is 4. The summed E-state index contributed by atoms with van der Waals surface area (Å²) in [4.78, 5) is 0. The highest BCUT2D eigenvalue weighted by atomic mass is 16.7. The molecule has 0 bridgehead atoms. The van der Waals surface area contributed by atoms with Gasteiger partial charge in [0, 0.05) is 0 Å². The van der Waals surface area contributed by atoms with Gasteiger partial charge in [-0.25, -0.2) is 0 Å². The lowest BCUT2D eigenvalue weighted by molar-refractivity contribution is -0.131. The lowest BCUT2D eigenvalue weighted by Gasteiger charge is -2.15. The number of ether oxygens (including phenoxy) is 2. The Morgan fingerprint density at radius 3 is 2.80 bits per heavy atom. The average molecular weight is 145 g/mol. The third-order valence-electron chi connectivity index (χ3n) is 1.26. The van der Waals surface area contributed by atoms with E-state index in [4.69, 9.17) is 14.7 Å². The maximum absolute atomic E-state index is 8.13. The van der Waals surface area contributed by atoms with Gasteiger partial charge in [-0.3, -0.25) is 0 Å². The molecule has 0 aromatic heterocycles. The van der Waals surface area contributed by atoms with Crippen molar-refractivity contribution < 1.29 is 14.7 Å². The van der Waals surface area contributed by atoms with E-state index < -0.39 is 5.79 Å². The first kappa shape index (κ1) is 7.50. The molecule has 0 aromatic carbocycles. The third-order valence-corrected chi connectivity index (χ3v) is 1.26. The van der Waals surface area contributed by atoms with E-state index in [9.17, 15) is 0 Å². The van der Waals surface area contributed by atoms with Gasteiger partial charge in [0.05, 0.1) is 12.8 Å². The minimum absolute atomic E-state index is 0.208. The van der Waals surface area contributed by atoms with Crippen molar-refractivity contribution in [2.24, 2.45) is 5.16 Å². The Morgan fingerprint density at radius 1 is 1.70 bits per heavy atom. The highest BCUT2D eigenvalue weighted by molar-refractivity contribution is 5.62. The van der Waals surface area contributed by atoms with Crippen LogP contribution in [0.5, 0.6) is 0 Å². The van der Waals surface area contributed by atoms with E-state index >= 15 is 0 Å². The Hall–Kier alpha value is -0.610. The molecule has 4 nitrogen and oxygen atoms in total. The van der Waals surface area contributed by atoms with Crippen LogP contribution >= 0.6 is 0 Å². The van der Waals surface area contributed by atoms with E-state index in [1.165, 1.54) is 6.21 Å². The van der Waals surface area contributed by atoms with Crippen molar-refractivity contribution in [3.8, 4) is 0 Å². The first-order valence-electron chi connectivity index (χ1n) is 3.13. The number of rotatable bonds is 1. The largest absolute Gasteiger partial charge is 0.411 e. The molecule has 0 aromatic rings. The standard InChI is InChI=1S/C6H11NO3/c1-6(2)9-4-5(10-6)3-7-8/h3,5,8H,4H2,1-2H3. The summed E-state index contributed by atoms with van der Waals surface area (Å²) in [6.45, 7) is 4.09. The molecule has 10 heavy (non-hydrogen) atoms. The van der Waals surface area contributed by atoms with Gasteiger partial charge in [-0.2, -0.15) is 0 Å². The Labute approximate surface area is 59.4 Å². The van der Waals surface area contributed by atoms with Gasteiger partial charge in [0.15, 0.2) is 5.79 Å². The molecule has 58 valence electrons. The topological polar surface area (TPSA) is 51.0 Å². The Balaban J connectivity index is 2.43. The fraction of sp³-hybridized carbons (Fsp3) is 0.833. The highest BCUT2D eigenvalue weighted by Gasteiger charge is 2.31. The predicted octanol–water partition coefficient (Wildman–Crippen LogP) is 0.598. The molecule has 1 unspecified atom stereocenters. The molecule has 1 aliphatic rings. The van der Waals surface area contributed by atoms with E-state index in [1.807, 2.05) is 13.8 Å². The first-order chi connectivity index (χ1) is 4.64. The average Bonchev–Trinajstić information content (AvgIpc) is 2.12. The van der Waals surface area contributed by atoms with E-state index in [0.717, 1.165) is 0 Å².